The largest absolute Gasteiger partial charge is 0.330 e. The van der Waals surface area contributed by atoms with Crippen LogP contribution in [0.4, 0.5) is 0 Å². The van der Waals surface area contributed by atoms with Gasteiger partial charge >= 0.3 is 0 Å². The van der Waals surface area contributed by atoms with Crippen molar-refractivity contribution in [3.63, 3.8) is 0 Å². The number of sulfonamides is 1. The third-order valence-corrected chi connectivity index (χ3v) is 6.46. The molecule has 0 heterocycles. The van der Waals surface area contributed by atoms with Crippen LogP contribution in [0.25, 0.3) is 0 Å². The van der Waals surface area contributed by atoms with Crippen molar-refractivity contribution in [3.05, 3.63) is 28.2 Å². The van der Waals surface area contributed by atoms with E-state index in [-0.39, 0.29) is 16.9 Å². The summed E-state index contributed by atoms with van der Waals surface area (Å²) in [5, 5.41) is 0.637. The number of halogens is 2. The van der Waals surface area contributed by atoms with Gasteiger partial charge in [0, 0.05) is 22.6 Å². The van der Waals surface area contributed by atoms with Gasteiger partial charge in [-0.05, 0) is 43.5 Å². The number of nitrogens with zero attached hydrogens (tertiary/aromatic N) is 1. The molecule has 7 heteroatoms. The summed E-state index contributed by atoms with van der Waals surface area (Å²) in [5.41, 5.74) is 5.78. The molecule has 1 aromatic rings. The second-order valence-corrected chi connectivity index (χ2v) is 8.07. The van der Waals surface area contributed by atoms with Gasteiger partial charge in [0.25, 0.3) is 0 Å². The summed E-state index contributed by atoms with van der Waals surface area (Å²) in [6.07, 6.45) is 2.83. The highest BCUT2D eigenvalue weighted by Crippen LogP contribution is 2.33. The maximum atomic E-state index is 12.9. The fraction of sp³-hybridized carbons (Fsp3) is 0.571. The number of benzene rings is 1. The van der Waals surface area contributed by atoms with Crippen molar-refractivity contribution in [2.45, 2.75) is 37.1 Å². The van der Waals surface area contributed by atoms with Crippen molar-refractivity contribution < 1.29 is 8.42 Å². The van der Waals surface area contributed by atoms with Crippen molar-refractivity contribution >= 4 is 33.2 Å². The van der Waals surface area contributed by atoms with Crippen molar-refractivity contribution in [2.24, 2.45) is 11.7 Å². The SMILES string of the molecule is CCN(C1CCCC1CN)S(=O)(=O)c1cc(Cl)cc(Cl)c1. The van der Waals surface area contributed by atoms with Crippen molar-refractivity contribution in [3.8, 4) is 0 Å². The van der Waals surface area contributed by atoms with Gasteiger partial charge in [0.05, 0.1) is 4.90 Å². The van der Waals surface area contributed by atoms with E-state index in [0.717, 1.165) is 19.3 Å². The van der Waals surface area contributed by atoms with Crippen LogP contribution in [0.2, 0.25) is 10.0 Å². The summed E-state index contributed by atoms with van der Waals surface area (Å²) in [6.45, 7) is 2.76. The third-order valence-electron chi connectivity index (χ3n) is 4.05. The molecule has 0 aliphatic heterocycles. The molecule has 1 aliphatic rings. The molecule has 0 spiro atoms. The molecular weight excluding hydrogens is 331 g/mol. The molecule has 1 fully saturated rings. The lowest BCUT2D eigenvalue weighted by Gasteiger charge is -2.31. The highest BCUT2D eigenvalue weighted by Gasteiger charge is 2.37. The molecule has 2 rings (SSSR count). The monoisotopic (exact) mass is 350 g/mol. The number of nitrogens with two attached hydrogens (primary N) is 1. The minimum atomic E-state index is -3.61. The van der Waals surface area contributed by atoms with Crippen LogP contribution < -0.4 is 5.73 Å². The standard InChI is InChI=1S/C14H20Cl2N2O2S/c1-2-18(14-5-3-4-10(14)9-17)21(19,20)13-7-11(15)6-12(16)8-13/h6-8,10,14H,2-5,9,17H2,1H3. The number of hydrogen-bond acceptors (Lipinski definition) is 3. The summed E-state index contributed by atoms with van der Waals surface area (Å²) < 4.78 is 27.3. The van der Waals surface area contributed by atoms with Gasteiger partial charge in [-0.1, -0.05) is 36.5 Å². The minimum absolute atomic E-state index is 0.0391. The third kappa shape index (κ3) is 3.54. The normalized spacial score (nSPS) is 22.9. The highest BCUT2D eigenvalue weighted by atomic mass is 35.5. The molecule has 21 heavy (non-hydrogen) atoms. The van der Waals surface area contributed by atoms with Crippen LogP contribution in [0.3, 0.4) is 0 Å². The number of hydrogen-bond donors (Lipinski definition) is 1. The molecule has 1 aliphatic carbocycles. The Bertz CT molecular complexity index is 587. The molecule has 2 N–H and O–H groups in total. The molecule has 0 aromatic heterocycles. The summed E-state index contributed by atoms with van der Waals surface area (Å²) in [6, 6.07) is 4.37. The fourth-order valence-corrected chi connectivity index (χ4v) is 5.52. The van der Waals surface area contributed by atoms with E-state index in [1.54, 1.807) is 4.31 Å². The Morgan fingerprint density at radius 2 is 1.86 bits per heavy atom. The summed E-state index contributed by atoms with van der Waals surface area (Å²) in [4.78, 5) is 0.143. The van der Waals surface area contributed by atoms with E-state index < -0.39 is 10.0 Å². The van der Waals surface area contributed by atoms with E-state index in [0.29, 0.717) is 23.1 Å². The van der Waals surface area contributed by atoms with Crippen LogP contribution in [0.15, 0.2) is 23.1 Å². The smallest absolute Gasteiger partial charge is 0.243 e. The molecule has 2 atom stereocenters. The average Bonchev–Trinajstić information content (AvgIpc) is 2.86. The second kappa shape index (κ2) is 6.84. The predicted octanol–water partition coefficient (Wildman–Crippen LogP) is 3.13. The zero-order chi connectivity index (χ0) is 15.6. The molecular formula is C14H20Cl2N2O2S. The molecule has 0 bridgehead atoms. The summed E-state index contributed by atoms with van der Waals surface area (Å²) in [7, 11) is -3.61. The first-order valence-corrected chi connectivity index (χ1v) is 9.27. The first-order valence-electron chi connectivity index (χ1n) is 7.08. The van der Waals surface area contributed by atoms with Crippen molar-refractivity contribution in [1.29, 1.82) is 0 Å². The topological polar surface area (TPSA) is 63.4 Å². The highest BCUT2D eigenvalue weighted by molar-refractivity contribution is 7.89. The second-order valence-electron chi connectivity index (χ2n) is 5.31. The van der Waals surface area contributed by atoms with Crippen LogP contribution in [-0.4, -0.2) is 31.9 Å². The van der Waals surface area contributed by atoms with Crippen LogP contribution in [0.1, 0.15) is 26.2 Å². The summed E-state index contributed by atoms with van der Waals surface area (Å²) >= 11 is 11.9. The maximum absolute atomic E-state index is 12.9. The molecule has 0 saturated heterocycles. The average molecular weight is 351 g/mol. The number of rotatable bonds is 5. The molecule has 2 unspecified atom stereocenters. The quantitative estimate of drug-likeness (QED) is 0.886. The van der Waals surface area contributed by atoms with Crippen LogP contribution in [0, 0.1) is 5.92 Å². The van der Waals surface area contributed by atoms with Crippen molar-refractivity contribution in [2.75, 3.05) is 13.1 Å². The maximum Gasteiger partial charge on any atom is 0.243 e. The lowest BCUT2D eigenvalue weighted by Crippen LogP contribution is -2.44. The first kappa shape index (κ1) is 17.0. The van der Waals surface area contributed by atoms with E-state index >= 15 is 0 Å². The van der Waals surface area contributed by atoms with Crippen LogP contribution in [-0.2, 0) is 10.0 Å². The zero-order valence-electron chi connectivity index (χ0n) is 11.9. The summed E-state index contributed by atoms with van der Waals surface area (Å²) in [5.74, 6) is 0.217. The molecule has 0 radical (unpaired) electrons. The Morgan fingerprint density at radius 3 is 2.38 bits per heavy atom. The molecule has 1 aromatic carbocycles. The van der Waals surface area contributed by atoms with Crippen molar-refractivity contribution in [1.82, 2.24) is 4.31 Å². The Balaban J connectivity index is 2.40. The van der Waals surface area contributed by atoms with E-state index in [2.05, 4.69) is 0 Å². The molecule has 1 saturated carbocycles. The molecule has 4 nitrogen and oxygen atoms in total. The van der Waals surface area contributed by atoms with Gasteiger partial charge < -0.3 is 5.73 Å². The lowest BCUT2D eigenvalue weighted by atomic mass is 10.0. The Morgan fingerprint density at radius 1 is 1.24 bits per heavy atom. The Labute approximate surface area is 136 Å². The van der Waals surface area contributed by atoms with Crippen LogP contribution >= 0.6 is 23.2 Å². The molecule has 0 amide bonds. The Kier molecular flexibility index (Phi) is 5.54. The van der Waals surface area contributed by atoms with Gasteiger partial charge in [0.1, 0.15) is 0 Å². The van der Waals surface area contributed by atoms with Gasteiger partial charge in [0.15, 0.2) is 0 Å². The van der Waals surface area contributed by atoms with Gasteiger partial charge in [-0.15, -0.1) is 0 Å². The van der Waals surface area contributed by atoms with Gasteiger partial charge in [-0.2, -0.15) is 4.31 Å². The minimum Gasteiger partial charge on any atom is -0.330 e. The van der Waals surface area contributed by atoms with E-state index in [1.165, 1.54) is 18.2 Å². The predicted molar refractivity (Wildman–Crippen MR) is 86.2 cm³/mol. The van der Waals surface area contributed by atoms with Crippen LogP contribution in [0.5, 0.6) is 0 Å². The molecule has 118 valence electrons. The lowest BCUT2D eigenvalue weighted by molar-refractivity contribution is 0.276. The van der Waals surface area contributed by atoms with E-state index in [4.69, 9.17) is 28.9 Å². The van der Waals surface area contributed by atoms with E-state index in [1.807, 2.05) is 6.92 Å². The van der Waals surface area contributed by atoms with Gasteiger partial charge in [0.2, 0.25) is 10.0 Å². The van der Waals surface area contributed by atoms with E-state index in [9.17, 15) is 8.42 Å². The first-order chi connectivity index (χ1) is 9.90. The zero-order valence-corrected chi connectivity index (χ0v) is 14.3. The Hall–Kier alpha value is -0.330. The fourth-order valence-electron chi connectivity index (χ4n) is 3.07. The van der Waals surface area contributed by atoms with Gasteiger partial charge in [-0.3, -0.25) is 0 Å². The van der Waals surface area contributed by atoms with Gasteiger partial charge in [-0.25, -0.2) is 8.42 Å².